The summed E-state index contributed by atoms with van der Waals surface area (Å²) in [6.45, 7) is 2.83. The number of nitrogens with one attached hydrogen (secondary N) is 1. The lowest BCUT2D eigenvalue weighted by Gasteiger charge is -2.14. The third kappa shape index (κ3) is 4.09. The molecule has 0 spiro atoms. The number of methoxy groups -OCH3 is 1. The maximum atomic E-state index is 6.03. The van der Waals surface area contributed by atoms with Gasteiger partial charge in [-0.1, -0.05) is 35.1 Å². The molecule has 0 saturated carbocycles. The Bertz CT molecular complexity index is 600. The van der Waals surface area contributed by atoms with Crippen molar-refractivity contribution in [2.24, 2.45) is 0 Å². The van der Waals surface area contributed by atoms with Crippen LogP contribution in [0.2, 0.25) is 5.02 Å². The molecule has 0 aliphatic heterocycles. The molecule has 0 amide bonds. The van der Waals surface area contributed by atoms with Crippen LogP contribution in [0.3, 0.4) is 0 Å². The number of anilines is 1. The van der Waals surface area contributed by atoms with Crippen LogP contribution in [0.5, 0.6) is 5.88 Å². The van der Waals surface area contributed by atoms with Crippen molar-refractivity contribution >= 4 is 28.1 Å². The molecule has 2 rings (SSSR count). The molecule has 21 heavy (non-hydrogen) atoms. The highest BCUT2D eigenvalue weighted by molar-refractivity contribution is 7.15. The van der Waals surface area contributed by atoms with Gasteiger partial charge in [-0.05, 0) is 24.6 Å². The lowest BCUT2D eigenvalue weighted by Crippen LogP contribution is -2.17. The lowest BCUT2D eigenvalue weighted by molar-refractivity contribution is 0.393. The average molecular weight is 326 g/mol. The molecule has 1 aromatic heterocycles. The van der Waals surface area contributed by atoms with Crippen molar-refractivity contribution in [3.63, 3.8) is 0 Å². The van der Waals surface area contributed by atoms with E-state index < -0.39 is 0 Å². The summed E-state index contributed by atoms with van der Waals surface area (Å²) in [5.74, 6) is 0.689. The second-order valence-electron chi connectivity index (χ2n) is 4.98. The zero-order valence-corrected chi connectivity index (χ0v) is 14.3. The Morgan fingerprint density at radius 1 is 1.43 bits per heavy atom. The van der Waals surface area contributed by atoms with E-state index in [0.717, 1.165) is 15.0 Å². The summed E-state index contributed by atoms with van der Waals surface area (Å²) in [4.78, 5) is 7.53. The first-order chi connectivity index (χ1) is 10.0. The highest BCUT2D eigenvalue weighted by atomic mass is 35.5. The summed E-state index contributed by atoms with van der Waals surface area (Å²) >= 11 is 7.66. The molecule has 4 nitrogen and oxygen atoms in total. The molecular weight excluding hydrogens is 306 g/mol. The maximum absolute atomic E-state index is 6.03. The van der Waals surface area contributed by atoms with E-state index in [9.17, 15) is 0 Å². The van der Waals surface area contributed by atoms with Gasteiger partial charge in [0.2, 0.25) is 5.88 Å². The number of rotatable bonds is 6. The number of hydrogen-bond donors (Lipinski definition) is 1. The van der Waals surface area contributed by atoms with E-state index >= 15 is 0 Å². The number of aromatic nitrogens is 1. The smallest absolute Gasteiger partial charge is 0.230 e. The van der Waals surface area contributed by atoms with Crippen LogP contribution in [-0.4, -0.2) is 26.2 Å². The number of nitrogens with zero attached hydrogens (tertiary/aromatic N) is 2. The number of benzene rings is 1. The largest absolute Gasteiger partial charge is 0.480 e. The van der Waals surface area contributed by atoms with Gasteiger partial charge in [-0.2, -0.15) is 4.98 Å². The Balaban J connectivity index is 2.05. The van der Waals surface area contributed by atoms with Gasteiger partial charge in [0, 0.05) is 31.7 Å². The topological polar surface area (TPSA) is 37.4 Å². The molecule has 6 heteroatoms. The Morgan fingerprint density at radius 2 is 2.19 bits per heavy atom. The molecule has 1 aromatic carbocycles. The van der Waals surface area contributed by atoms with Gasteiger partial charge in [-0.15, -0.1) is 0 Å². The Hall–Kier alpha value is -1.30. The van der Waals surface area contributed by atoms with Crippen molar-refractivity contribution in [2.45, 2.75) is 19.5 Å². The summed E-state index contributed by atoms with van der Waals surface area (Å²) < 4.78 is 5.34. The van der Waals surface area contributed by atoms with Gasteiger partial charge in [-0.25, -0.2) is 0 Å². The fourth-order valence-electron chi connectivity index (χ4n) is 1.93. The second kappa shape index (κ2) is 7.11. The summed E-state index contributed by atoms with van der Waals surface area (Å²) in [6.07, 6.45) is 0. The fourth-order valence-corrected chi connectivity index (χ4v) is 3.03. The van der Waals surface area contributed by atoms with Crippen molar-refractivity contribution in [3.8, 4) is 5.88 Å². The first kappa shape index (κ1) is 16.1. The van der Waals surface area contributed by atoms with E-state index in [4.69, 9.17) is 16.3 Å². The molecule has 1 heterocycles. The van der Waals surface area contributed by atoms with Gasteiger partial charge in [0.05, 0.1) is 12.0 Å². The molecule has 0 saturated heterocycles. The van der Waals surface area contributed by atoms with E-state index in [2.05, 4.69) is 23.3 Å². The van der Waals surface area contributed by atoms with Gasteiger partial charge in [-0.3, -0.25) is 0 Å². The molecule has 0 unspecified atom stereocenters. The van der Waals surface area contributed by atoms with E-state index in [1.165, 1.54) is 5.56 Å². The maximum Gasteiger partial charge on any atom is 0.230 e. The van der Waals surface area contributed by atoms with Crippen molar-refractivity contribution in [3.05, 3.63) is 39.7 Å². The molecule has 0 aliphatic rings. The quantitative estimate of drug-likeness (QED) is 0.878. The Morgan fingerprint density at radius 3 is 2.81 bits per heavy atom. The first-order valence-electron chi connectivity index (χ1n) is 6.71. The first-order valence-corrected chi connectivity index (χ1v) is 7.90. The highest BCUT2D eigenvalue weighted by Gasteiger charge is 2.14. The molecule has 1 atom stereocenters. The zero-order valence-electron chi connectivity index (χ0n) is 12.7. The van der Waals surface area contributed by atoms with Gasteiger partial charge in [0.1, 0.15) is 0 Å². The van der Waals surface area contributed by atoms with Crippen molar-refractivity contribution in [1.29, 1.82) is 0 Å². The molecule has 1 N–H and O–H groups in total. The summed E-state index contributed by atoms with van der Waals surface area (Å²) in [7, 11) is 5.60. The molecule has 0 bridgehead atoms. The number of hydrogen-bond acceptors (Lipinski definition) is 5. The molecule has 0 fully saturated rings. The van der Waals surface area contributed by atoms with E-state index in [1.54, 1.807) is 18.4 Å². The fraction of sp³-hybridized carbons (Fsp3) is 0.400. The van der Waals surface area contributed by atoms with Crippen LogP contribution in [0, 0.1) is 0 Å². The molecule has 0 radical (unpaired) electrons. The second-order valence-corrected chi connectivity index (χ2v) is 6.48. The predicted molar refractivity (Wildman–Crippen MR) is 89.7 cm³/mol. The third-order valence-corrected chi connectivity index (χ3v) is 4.58. The highest BCUT2D eigenvalue weighted by Crippen LogP contribution is 2.30. The van der Waals surface area contributed by atoms with Crippen LogP contribution < -0.4 is 15.0 Å². The molecular formula is C15H20ClN3OS. The SMILES string of the molecule is COc1nc(N(C)C)sc1CN[C@@H](C)c1cccc(Cl)c1. The van der Waals surface area contributed by atoms with E-state index in [0.29, 0.717) is 12.4 Å². The molecule has 2 aromatic rings. The minimum Gasteiger partial charge on any atom is -0.480 e. The average Bonchev–Trinajstić information content (AvgIpc) is 2.88. The number of ether oxygens (including phenoxy) is 1. The minimum atomic E-state index is 0.207. The van der Waals surface area contributed by atoms with Crippen LogP contribution >= 0.6 is 22.9 Å². The van der Waals surface area contributed by atoms with Crippen LogP contribution in [0.25, 0.3) is 0 Å². The van der Waals surface area contributed by atoms with E-state index in [-0.39, 0.29) is 6.04 Å². The number of halogens is 1. The summed E-state index contributed by atoms with van der Waals surface area (Å²) in [5.41, 5.74) is 1.17. The van der Waals surface area contributed by atoms with Gasteiger partial charge >= 0.3 is 0 Å². The van der Waals surface area contributed by atoms with Crippen molar-refractivity contribution in [1.82, 2.24) is 10.3 Å². The zero-order chi connectivity index (χ0) is 15.4. The lowest BCUT2D eigenvalue weighted by atomic mass is 10.1. The predicted octanol–water partition coefficient (Wildman–Crippen LogP) is 3.72. The van der Waals surface area contributed by atoms with Gasteiger partial charge in [0.15, 0.2) is 5.13 Å². The minimum absolute atomic E-state index is 0.207. The normalized spacial score (nSPS) is 12.2. The van der Waals surface area contributed by atoms with Crippen LogP contribution in [0.15, 0.2) is 24.3 Å². The number of thiazole rings is 1. The third-order valence-electron chi connectivity index (χ3n) is 3.14. The van der Waals surface area contributed by atoms with Crippen molar-refractivity contribution < 1.29 is 4.74 Å². The summed E-state index contributed by atoms with van der Waals surface area (Å²) in [5, 5.41) is 5.18. The Labute approximate surface area is 134 Å². The van der Waals surface area contributed by atoms with Crippen LogP contribution in [-0.2, 0) is 6.54 Å². The Kier molecular flexibility index (Phi) is 5.45. The molecule has 0 aliphatic carbocycles. The molecule has 114 valence electrons. The van der Waals surface area contributed by atoms with Crippen molar-refractivity contribution in [2.75, 3.05) is 26.1 Å². The van der Waals surface area contributed by atoms with Gasteiger partial charge < -0.3 is 15.0 Å². The van der Waals surface area contributed by atoms with E-state index in [1.807, 2.05) is 37.2 Å². The van der Waals surface area contributed by atoms with Crippen LogP contribution in [0.4, 0.5) is 5.13 Å². The standard InChI is InChI=1S/C15H20ClN3OS/c1-10(11-6-5-7-12(16)8-11)17-9-13-14(20-4)18-15(21-13)19(2)3/h5-8,10,17H,9H2,1-4H3/t10-/m0/s1. The van der Waals surface area contributed by atoms with Gasteiger partial charge in [0.25, 0.3) is 0 Å². The monoisotopic (exact) mass is 325 g/mol. The summed E-state index contributed by atoms with van der Waals surface area (Å²) in [6, 6.07) is 8.10. The van der Waals surface area contributed by atoms with Crippen LogP contribution in [0.1, 0.15) is 23.4 Å².